The van der Waals surface area contributed by atoms with E-state index in [0.29, 0.717) is 0 Å². The third-order valence-corrected chi connectivity index (χ3v) is 0. The van der Waals surface area contributed by atoms with Gasteiger partial charge < -0.3 is 4.11 Å². The average molecular weight is 130 g/mol. The number of rotatable bonds is 0. The quantitative estimate of drug-likeness (QED) is 0.321. The molecule has 0 saturated heterocycles. The van der Waals surface area contributed by atoms with E-state index in [9.17, 15) is 4.11 Å². The van der Waals surface area contributed by atoms with Crippen LogP contribution < -0.4 is 0 Å². The Bertz CT molecular complexity index is 8.00. The van der Waals surface area contributed by atoms with Crippen LogP contribution in [0.5, 0.6) is 0 Å². The van der Waals surface area contributed by atoms with Gasteiger partial charge in [-0.2, -0.15) is 0 Å². The summed E-state index contributed by atoms with van der Waals surface area (Å²) in [5, 5.41) is 0. The van der Waals surface area contributed by atoms with Crippen molar-refractivity contribution in [2.24, 2.45) is 0 Å². The molecule has 0 spiro atoms. The molecule has 0 heterocycles. The molecular formula is CH5FSiZn. The Balaban J connectivity index is 0. The fourth-order valence-corrected chi connectivity index (χ4v) is 0. The van der Waals surface area contributed by atoms with Crippen molar-refractivity contribution in [1.29, 1.82) is 0 Å². The van der Waals surface area contributed by atoms with Crippen LogP contribution in [0, 0.1) is 0 Å². The first-order valence-corrected chi connectivity index (χ1v) is 2.92. The summed E-state index contributed by atoms with van der Waals surface area (Å²) in [6.07, 6.45) is 0. The van der Waals surface area contributed by atoms with E-state index in [1.807, 2.05) is 0 Å². The molecule has 0 saturated carbocycles. The molecule has 0 aliphatic carbocycles. The van der Waals surface area contributed by atoms with E-state index in [1.165, 1.54) is 0 Å². The summed E-state index contributed by atoms with van der Waals surface area (Å²) in [6, 6.07) is 0. The van der Waals surface area contributed by atoms with Crippen LogP contribution in [0.4, 0.5) is 4.11 Å². The molecule has 0 fully saturated rings. The van der Waals surface area contributed by atoms with Gasteiger partial charge in [0.25, 0.3) is 0 Å². The molecule has 0 bridgehead atoms. The zero-order valence-corrected chi connectivity index (χ0v) is 7.17. The van der Waals surface area contributed by atoms with Crippen molar-refractivity contribution in [3.05, 3.63) is 0 Å². The molecule has 0 aromatic heterocycles. The van der Waals surface area contributed by atoms with Crippen LogP contribution in [-0.4, -0.2) is 9.85 Å². The van der Waals surface area contributed by atoms with Gasteiger partial charge in [0.2, 0.25) is 9.85 Å². The van der Waals surface area contributed by atoms with Gasteiger partial charge in [0.05, 0.1) is 0 Å². The molecule has 4 heavy (non-hydrogen) atoms. The molecule has 22 valence electrons. The Morgan fingerprint density at radius 2 is 1.75 bits per heavy atom. The first-order valence-electron chi connectivity index (χ1n) is 0.974. The fourth-order valence-electron chi connectivity index (χ4n) is 0. The molecule has 0 radical (unpaired) electrons. The minimum Gasteiger partial charge on any atom is -0.323 e. The molecule has 0 aromatic rings. The average Bonchev–Trinajstić information content (AvgIpc) is 0.918. The van der Waals surface area contributed by atoms with Gasteiger partial charge in [-0.3, -0.25) is 0 Å². The van der Waals surface area contributed by atoms with Gasteiger partial charge in [0, 0.05) is 19.5 Å². The normalized spacial score (nSPS) is 7.50. The van der Waals surface area contributed by atoms with Crippen LogP contribution >= 0.6 is 0 Å². The van der Waals surface area contributed by atoms with Crippen molar-refractivity contribution in [1.82, 2.24) is 0 Å². The van der Waals surface area contributed by atoms with Crippen molar-refractivity contribution in [2.75, 3.05) is 0 Å². The summed E-state index contributed by atoms with van der Waals surface area (Å²) in [5.41, 5.74) is 0. The smallest absolute Gasteiger partial charge is 0.213 e. The summed E-state index contributed by atoms with van der Waals surface area (Å²) < 4.78 is 10.4. The Hall–Kier alpha value is 0.770. The maximum atomic E-state index is 10.4. The van der Waals surface area contributed by atoms with Crippen molar-refractivity contribution in [3.63, 3.8) is 0 Å². The largest absolute Gasteiger partial charge is 0.323 e. The minimum absolute atomic E-state index is 0. The molecule has 0 atom stereocenters. The van der Waals surface area contributed by atoms with Crippen LogP contribution in [0.3, 0.4) is 0 Å². The number of hydrogen-bond donors (Lipinski definition) is 0. The van der Waals surface area contributed by atoms with Crippen LogP contribution in [-0.2, 0) is 19.5 Å². The van der Waals surface area contributed by atoms with Crippen LogP contribution in [0.25, 0.3) is 0 Å². The molecule has 3 heteroatoms. The third-order valence-electron chi connectivity index (χ3n) is 0. The molecule has 0 aromatic carbocycles. The first kappa shape index (κ1) is 8.84. The van der Waals surface area contributed by atoms with E-state index in [1.54, 1.807) is 6.55 Å². The molecule has 0 nitrogen and oxygen atoms in total. The summed E-state index contributed by atoms with van der Waals surface area (Å²) in [6.45, 7) is 1.60. The van der Waals surface area contributed by atoms with Gasteiger partial charge >= 0.3 is 0 Å². The van der Waals surface area contributed by atoms with E-state index in [0.717, 1.165) is 0 Å². The van der Waals surface area contributed by atoms with Crippen LogP contribution in [0.1, 0.15) is 0 Å². The standard InChI is InChI=1S/CH5FSi.Zn/c1-3-2;/h3H2,1H3;. The van der Waals surface area contributed by atoms with E-state index >= 15 is 0 Å². The second-order valence-corrected chi connectivity index (χ2v) is 0.802. The zero-order chi connectivity index (χ0) is 2.71. The maximum absolute atomic E-state index is 10.4. The predicted octanol–water partition coefficient (Wildman–Crippen LogP) is 0.0853. The number of hydrogen-bond acceptors (Lipinski definition) is 0. The third kappa shape index (κ3) is 14.6. The van der Waals surface area contributed by atoms with Crippen molar-refractivity contribution >= 4 is 9.85 Å². The monoisotopic (exact) mass is 128 g/mol. The Morgan fingerprint density at radius 3 is 1.75 bits per heavy atom. The second kappa shape index (κ2) is 9.23. The van der Waals surface area contributed by atoms with Crippen LogP contribution in [0.15, 0.2) is 0 Å². The van der Waals surface area contributed by atoms with Crippen molar-refractivity contribution in [2.45, 2.75) is 6.55 Å². The molecule has 0 unspecified atom stereocenters. The second-order valence-electron chi connectivity index (χ2n) is 0.267. The Kier molecular flexibility index (Phi) is 20.4. The van der Waals surface area contributed by atoms with Gasteiger partial charge in [-0.15, -0.1) is 0 Å². The molecule has 0 aliphatic rings. The van der Waals surface area contributed by atoms with Crippen LogP contribution in [0.2, 0.25) is 6.55 Å². The fraction of sp³-hybridized carbons (Fsp3) is 1.00. The Morgan fingerprint density at radius 1 is 1.75 bits per heavy atom. The van der Waals surface area contributed by atoms with E-state index in [4.69, 9.17) is 0 Å². The maximum Gasteiger partial charge on any atom is 0.213 e. The van der Waals surface area contributed by atoms with Gasteiger partial charge in [-0.25, -0.2) is 0 Å². The predicted molar refractivity (Wildman–Crippen MR) is 15.5 cm³/mol. The van der Waals surface area contributed by atoms with Gasteiger partial charge in [0.15, 0.2) is 0 Å². The summed E-state index contributed by atoms with van der Waals surface area (Å²) in [4.78, 5) is 0. The SMILES string of the molecule is C[SiH2]F.[Zn]. The minimum atomic E-state index is -1.08. The van der Waals surface area contributed by atoms with Gasteiger partial charge in [-0.1, -0.05) is 0 Å². The van der Waals surface area contributed by atoms with E-state index in [2.05, 4.69) is 0 Å². The first-order chi connectivity index (χ1) is 1.41. The van der Waals surface area contributed by atoms with Gasteiger partial charge in [-0.05, 0) is 6.55 Å². The summed E-state index contributed by atoms with van der Waals surface area (Å²) in [7, 11) is -1.08. The molecular weight excluding hydrogens is 124 g/mol. The summed E-state index contributed by atoms with van der Waals surface area (Å²) in [5.74, 6) is 0. The molecule has 0 aliphatic heterocycles. The summed E-state index contributed by atoms with van der Waals surface area (Å²) >= 11 is 0. The Labute approximate surface area is 40.5 Å². The van der Waals surface area contributed by atoms with E-state index < -0.39 is 9.85 Å². The molecule has 0 amide bonds. The topological polar surface area (TPSA) is 0 Å². The number of halogens is 1. The van der Waals surface area contributed by atoms with E-state index in [-0.39, 0.29) is 19.5 Å². The molecule has 0 N–H and O–H groups in total. The van der Waals surface area contributed by atoms with Crippen molar-refractivity contribution < 1.29 is 23.6 Å². The zero-order valence-electron chi connectivity index (χ0n) is 2.79. The molecule has 0 rings (SSSR count). The van der Waals surface area contributed by atoms with Crippen molar-refractivity contribution in [3.8, 4) is 0 Å². The van der Waals surface area contributed by atoms with Gasteiger partial charge in [0.1, 0.15) is 0 Å².